The predicted molar refractivity (Wildman–Crippen MR) is 123 cm³/mol. The van der Waals surface area contributed by atoms with Crippen molar-refractivity contribution in [3.8, 4) is 0 Å². The second kappa shape index (κ2) is 8.53. The quantitative estimate of drug-likeness (QED) is 0.725. The Kier molecular flexibility index (Phi) is 5.69. The van der Waals surface area contributed by atoms with Crippen molar-refractivity contribution < 1.29 is 19.5 Å². The van der Waals surface area contributed by atoms with Gasteiger partial charge in [0.2, 0.25) is 5.91 Å². The van der Waals surface area contributed by atoms with E-state index < -0.39 is 5.41 Å². The summed E-state index contributed by atoms with van der Waals surface area (Å²) in [5.41, 5.74) is 2.75. The molecule has 3 heterocycles. The van der Waals surface area contributed by atoms with Crippen LogP contribution in [0.2, 0.25) is 0 Å². The number of nitrogens with zero attached hydrogens (tertiary/aromatic N) is 2. The first kappa shape index (κ1) is 22.0. The minimum atomic E-state index is -0.459. The molecule has 33 heavy (non-hydrogen) atoms. The SMILES string of the molecule is C[C@@H]1[C@H]2C[C@@H]3N(CC[C@@]34C(=O)N(c3ccccc3)c3ccccc34)C[C@@H]2CC[C@@H]1O.O=C=O. The first-order chi connectivity index (χ1) is 16.0. The zero-order valence-corrected chi connectivity index (χ0v) is 18.9. The van der Waals surface area contributed by atoms with Gasteiger partial charge in [-0.2, -0.15) is 9.59 Å². The molecule has 2 saturated heterocycles. The molecule has 6 nitrogen and oxygen atoms in total. The van der Waals surface area contributed by atoms with Gasteiger partial charge in [0.25, 0.3) is 0 Å². The van der Waals surface area contributed by atoms with Gasteiger partial charge in [0, 0.05) is 18.3 Å². The van der Waals surface area contributed by atoms with Crippen LogP contribution in [0.25, 0.3) is 0 Å². The molecule has 1 spiro atoms. The van der Waals surface area contributed by atoms with E-state index in [1.165, 1.54) is 5.56 Å². The highest BCUT2D eigenvalue weighted by atomic mass is 16.3. The minimum absolute atomic E-state index is 0.192. The second-order valence-electron chi connectivity index (χ2n) is 9.97. The molecule has 3 fully saturated rings. The van der Waals surface area contributed by atoms with Gasteiger partial charge in [-0.05, 0) is 73.7 Å². The van der Waals surface area contributed by atoms with E-state index in [2.05, 4.69) is 30.0 Å². The molecule has 0 radical (unpaired) electrons. The number of hydrogen-bond acceptors (Lipinski definition) is 5. The molecule has 0 bridgehead atoms. The van der Waals surface area contributed by atoms with Crippen LogP contribution in [0.5, 0.6) is 0 Å². The fraction of sp³-hybridized carbons (Fsp3) is 0.481. The third kappa shape index (κ3) is 3.28. The van der Waals surface area contributed by atoms with Crippen molar-refractivity contribution in [2.24, 2.45) is 17.8 Å². The molecule has 1 aliphatic carbocycles. The third-order valence-corrected chi connectivity index (χ3v) is 8.71. The van der Waals surface area contributed by atoms with Crippen LogP contribution in [0.15, 0.2) is 54.6 Å². The fourth-order valence-electron chi connectivity index (χ4n) is 7.16. The highest BCUT2D eigenvalue weighted by molar-refractivity contribution is 6.13. The molecule has 2 aromatic rings. The van der Waals surface area contributed by atoms with Crippen molar-refractivity contribution in [3.63, 3.8) is 0 Å². The summed E-state index contributed by atoms with van der Waals surface area (Å²) in [5.74, 6) is 1.73. The highest BCUT2D eigenvalue weighted by Crippen LogP contribution is 2.57. The molecular formula is C27H30N2O4. The molecular weight excluding hydrogens is 416 g/mol. The number of rotatable bonds is 1. The van der Waals surface area contributed by atoms with E-state index in [0.29, 0.717) is 17.8 Å². The van der Waals surface area contributed by atoms with Gasteiger partial charge in [-0.15, -0.1) is 0 Å². The number of benzene rings is 2. The van der Waals surface area contributed by atoms with E-state index in [-0.39, 0.29) is 24.2 Å². The summed E-state index contributed by atoms with van der Waals surface area (Å²) < 4.78 is 0. The molecule has 4 aliphatic rings. The Morgan fingerprint density at radius 1 is 1.03 bits per heavy atom. The Labute approximate surface area is 194 Å². The van der Waals surface area contributed by atoms with Crippen LogP contribution >= 0.6 is 0 Å². The lowest BCUT2D eigenvalue weighted by atomic mass is 9.62. The first-order valence-electron chi connectivity index (χ1n) is 11.9. The summed E-state index contributed by atoms with van der Waals surface area (Å²) in [6, 6.07) is 18.7. The molecule has 6 rings (SSSR count). The predicted octanol–water partition coefficient (Wildman–Crippen LogP) is 3.52. The third-order valence-electron chi connectivity index (χ3n) is 8.71. The number of hydrogen-bond donors (Lipinski definition) is 1. The number of anilines is 2. The van der Waals surface area contributed by atoms with Crippen LogP contribution in [0.3, 0.4) is 0 Å². The van der Waals surface area contributed by atoms with Gasteiger partial charge >= 0.3 is 6.15 Å². The molecule has 172 valence electrons. The Bertz CT molecular complexity index is 1070. The molecule has 1 N–H and O–H groups in total. The number of aliphatic hydroxyl groups is 1. The summed E-state index contributed by atoms with van der Waals surface area (Å²) in [7, 11) is 0. The standard InChI is InChI=1S/C26H30N2O2.CO2/c1-17-20-15-24-26(13-14-27(24)16-18(20)11-12-23(17)29)21-9-5-6-10-22(21)28(25(26)30)19-7-3-2-4-8-19;2-1-3/h2-10,17-18,20,23-24,29H,11-16H2,1H3;/t17-,18+,20-,23+,24+,26+;/m1./s1. The molecule has 2 aromatic carbocycles. The lowest BCUT2D eigenvalue weighted by Gasteiger charge is -2.50. The lowest BCUT2D eigenvalue weighted by molar-refractivity contribution is -0.191. The number of piperidine rings is 1. The Morgan fingerprint density at radius 3 is 2.48 bits per heavy atom. The van der Waals surface area contributed by atoms with E-state index in [1.807, 2.05) is 41.3 Å². The highest BCUT2D eigenvalue weighted by Gasteiger charge is 2.62. The summed E-state index contributed by atoms with van der Waals surface area (Å²) in [4.78, 5) is 35.0. The number of para-hydroxylation sites is 2. The zero-order valence-electron chi connectivity index (χ0n) is 18.9. The topological polar surface area (TPSA) is 77.9 Å². The van der Waals surface area contributed by atoms with Crippen LogP contribution in [0.1, 0.15) is 38.2 Å². The monoisotopic (exact) mass is 446 g/mol. The zero-order chi connectivity index (χ0) is 23.2. The fourth-order valence-corrected chi connectivity index (χ4v) is 7.16. The first-order valence-corrected chi connectivity index (χ1v) is 11.9. The maximum Gasteiger partial charge on any atom is 0.373 e. The van der Waals surface area contributed by atoms with Crippen molar-refractivity contribution in [1.29, 1.82) is 0 Å². The van der Waals surface area contributed by atoms with Crippen LogP contribution in [-0.4, -0.2) is 47.3 Å². The molecule has 1 amide bonds. The van der Waals surface area contributed by atoms with E-state index in [0.717, 1.165) is 50.1 Å². The Hall–Kier alpha value is -2.79. The second-order valence-corrected chi connectivity index (χ2v) is 9.97. The lowest BCUT2D eigenvalue weighted by Crippen LogP contribution is -2.56. The molecule has 6 heteroatoms. The smallest absolute Gasteiger partial charge is 0.373 e. The number of amides is 1. The van der Waals surface area contributed by atoms with Crippen LogP contribution < -0.4 is 4.90 Å². The normalized spacial score (nSPS) is 34.7. The molecule has 0 aromatic heterocycles. The molecule has 6 atom stereocenters. The van der Waals surface area contributed by atoms with Gasteiger partial charge in [-0.1, -0.05) is 43.3 Å². The van der Waals surface area contributed by atoms with Gasteiger partial charge < -0.3 is 5.11 Å². The van der Waals surface area contributed by atoms with E-state index in [1.54, 1.807) is 0 Å². The minimum Gasteiger partial charge on any atom is -0.393 e. The van der Waals surface area contributed by atoms with Crippen LogP contribution in [0, 0.1) is 17.8 Å². The van der Waals surface area contributed by atoms with Crippen LogP contribution in [-0.2, 0) is 19.8 Å². The molecule has 0 unspecified atom stereocenters. The Morgan fingerprint density at radius 2 is 1.73 bits per heavy atom. The van der Waals surface area contributed by atoms with Crippen molar-refractivity contribution in [3.05, 3.63) is 60.2 Å². The summed E-state index contributed by atoms with van der Waals surface area (Å²) in [6.07, 6.45) is 4.02. The summed E-state index contributed by atoms with van der Waals surface area (Å²) in [5, 5.41) is 10.5. The van der Waals surface area contributed by atoms with E-state index in [4.69, 9.17) is 9.59 Å². The largest absolute Gasteiger partial charge is 0.393 e. The van der Waals surface area contributed by atoms with Crippen molar-refractivity contribution in [1.82, 2.24) is 4.90 Å². The number of carbonyl (C=O) groups excluding carboxylic acids is 3. The average molecular weight is 447 g/mol. The average Bonchev–Trinajstić information content (AvgIpc) is 3.33. The Balaban J connectivity index is 0.000000724. The molecule has 3 aliphatic heterocycles. The maximum absolute atomic E-state index is 14.2. The van der Waals surface area contributed by atoms with Crippen molar-refractivity contribution in [2.75, 3.05) is 18.0 Å². The number of carbonyl (C=O) groups is 1. The van der Waals surface area contributed by atoms with Gasteiger partial charge in [0.1, 0.15) is 0 Å². The van der Waals surface area contributed by atoms with Crippen molar-refractivity contribution in [2.45, 2.75) is 50.2 Å². The van der Waals surface area contributed by atoms with Gasteiger partial charge in [0.05, 0.1) is 17.2 Å². The number of fused-ring (bicyclic) bond motifs is 5. The van der Waals surface area contributed by atoms with Gasteiger partial charge in [-0.3, -0.25) is 14.6 Å². The maximum atomic E-state index is 14.2. The van der Waals surface area contributed by atoms with Gasteiger partial charge in [0.15, 0.2) is 0 Å². The van der Waals surface area contributed by atoms with Crippen LogP contribution in [0.4, 0.5) is 11.4 Å². The van der Waals surface area contributed by atoms with E-state index in [9.17, 15) is 9.90 Å². The number of aliphatic hydroxyl groups excluding tert-OH is 1. The summed E-state index contributed by atoms with van der Waals surface area (Å²) in [6.45, 7) is 4.29. The molecule has 1 saturated carbocycles. The van der Waals surface area contributed by atoms with E-state index >= 15 is 0 Å². The summed E-state index contributed by atoms with van der Waals surface area (Å²) >= 11 is 0. The van der Waals surface area contributed by atoms with Crippen molar-refractivity contribution >= 4 is 23.4 Å². The van der Waals surface area contributed by atoms with Gasteiger partial charge in [-0.25, -0.2) is 0 Å².